The Morgan fingerprint density at radius 3 is 2.28 bits per heavy atom. The average molecular weight is 357 g/mol. The number of rotatable bonds is 5. The van der Waals surface area contributed by atoms with Gasteiger partial charge in [0.2, 0.25) is 0 Å². The summed E-state index contributed by atoms with van der Waals surface area (Å²) in [6.45, 7) is 3.18. The SMILES string of the molecule is Cc1noc(C)c1S(=O)(=O)Nc1ccccc1N(C)c1ccccc1. The molecule has 0 amide bonds. The predicted octanol–water partition coefficient (Wildman–Crippen LogP) is 3.86. The molecule has 0 unspecified atom stereocenters. The maximum absolute atomic E-state index is 12.8. The first-order valence-corrected chi connectivity index (χ1v) is 9.22. The lowest BCUT2D eigenvalue weighted by Crippen LogP contribution is -2.18. The van der Waals surface area contributed by atoms with Crippen LogP contribution in [0.3, 0.4) is 0 Å². The van der Waals surface area contributed by atoms with Crippen LogP contribution in [0, 0.1) is 13.8 Å². The van der Waals surface area contributed by atoms with Crippen LogP contribution >= 0.6 is 0 Å². The zero-order chi connectivity index (χ0) is 18.0. The summed E-state index contributed by atoms with van der Waals surface area (Å²) in [6.07, 6.45) is 0. The Labute approximate surface area is 147 Å². The first-order valence-electron chi connectivity index (χ1n) is 7.73. The fourth-order valence-electron chi connectivity index (χ4n) is 2.70. The van der Waals surface area contributed by atoms with E-state index in [-0.39, 0.29) is 10.7 Å². The molecule has 1 heterocycles. The Balaban J connectivity index is 2.00. The number of nitrogens with zero attached hydrogens (tertiary/aromatic N) is 2. The van der Waals surface area contributed by atoms with E-state index in [0.29, 0.717) is 11.4 Å². The maximum atomic E-state index is 12.8. The molecule has 1 aromatic heterocycles. The van der Waals surface area contributed by atoms with E-state index in [1.54, 1.807) is 26.0 Å². The molecule has 6 nitrogen and oxygen atoms in total. The van der Waals surface area contributed by atoms with E-state index in [9.17, 15) is 8.42 Å². The van der Waals surface area contributed by atoms with Crippen molar-refractivity contribution in [2.75, 3.05) is 16.7 Å². The maximum Gasteiger partial charge on any atom is 0.267 e. The van der Waals surface area contributed by atoms with Crippen LogP contribution in [0.15, 0.2) is 64.0 Å². The van der Waals surface area contributed by atoms with Crippen LogP contribution in [0.2, 0.25) is 0 Å². The van der Waals surface area contributed by atoms with Gasteiger partial charge in [-0.15, -0.1) is 0 Å². The van der Waals surface area contributed by atoms with Crippen LogP contribution in [0.5, 0.6) is 0 Å². The molecule has 3 aromatic rings. The lowest BCUT2D eigenvalue weighted by atomic mass is 10.2. The molecular formula is C18H19N3O3S. The van der Waals surface area contributed by atoms with Crippen LogP contribution in [-0.2, 0) is 10.0 Å². The molecule has 2 aromatic carbocycles. The highest BCUT2D eigenvalue weighted by atomic mass is 32.2. The second-order valence-electron chi connectivity index (χ2n) is 5.67. The van der Waals surface area contributed by atoms with E-state index >= 15 is 0 Å². The lowest BCUT2D eigenvalue weighted by molar-refractivity contribution is 0.390. The summed E-state index contributed by atoms with van der Waals surface area (Å²) in [5, 5.41) is 3.72. The van der Waals surface area contributed by atoms with Gasteiger partial charge in [0.1, 0.15) is 5.69 Å². The molecule has 0 spiro atoms. The third-order valence-corrected chi connectivity index (χ3v) is 5.50. The van der Waals surface area contributed by atoms with Gasteiger partial charge in [0.05, 0.1) is 11.4 Å². The second kappa shape index (κ2) is 6.60. The Kier molecular flexibility index (Phi) is 4.50. The van der Waals surface area contributed by atoms with Gasteiger partial charge in [-0.2, -0.15) is 0 Å². The van der Waals surface area contributed by atoms with Crippen molar-refractivity contribution < 1.29 is 12.9 Å². The molecule has 0 aliphatic carbocycles. The molecule has 25 heavy (non-hydrogen) atoms. The average Bonchev–Trinajstić information content (AvgIpc) is 2.94. The van der Waals surface area contributed by atoms with Gasteiger partial charge in [-0.25, -0.2) is 8.42 Å². The van der Waals surface area contributed by atoms with Crippen molar-refractivity contribution in [2.45, 2.75) is 18.7 Å². The molecule has 0 fully saturated rings. The summed E-state index contributed by atoms with van der Waals surface area (Å²) in [6, 6.07) is 17.0. The van der Waals surface area contributed by atoms with E-state index < -0.39 is 10.0 Å². The first kappa shape index (κ1) is 17.0. The molecule has 0 saturated carbocycles. The minimum atomic E-state index is -3.80. The minimum Gasteiger partial charge on any atom is -0.360 e. The quantitative estimate of drug-likeness (QED) is 0.750. The molecule has 0 radical (unpaired) electrons. The normalized spacial score (nSPS) is 11.3. The van der Waals surface area contributed by atoms with Crippen LogP contribution in [0.4, 0.5) is 17.1 Å². The summed E-state index contributed by atoms with van der Waals surface area (Å²) in [4.78, 5) is 2.00. The summed E-state index contributed by atoms with van der Waals surface area (Å²) in [5.74, 6) is 0.263. The molecule has 0 bridgehead atoms. The third-order valence-electron chi connectivity index (χ3n) is 3.89. The zero-order valence-corrected chi connectivity index (χ0v) is 15.0. The van der Waals surface area contributed by atoms with Crippen molar-refractivity contribution in [3.63, 3.8) is 0 Å². The number of sulfonamides is 1. The van der Waals surface area contributed by atoms with E-state index in [2.05, 4.69) is 9.88 Å². The van der Waals surface area contributed by atoms with Gasteiger partial charge >= 0.3 is 0 Å². The lowest BCUT2D eigenvalue weighted by Gasteiger charge is -2.23. The first-order chi connectivity index (χ1) is 11.9. The molecule has 0 aliphatic rings. The molecule has 0 aliphatic heterocycles. The van der Waals surface area contributed by atoms with Crippen molar-refractivity contribution in [2.24, 2.45) is 0 Å². The Morgan fingerprint density at radius 1 is 1.00 bits per heavy atom. The summed E-state index contributed by atoms with van der Waals surface area (Å²) >= 11 is 0. The smallest absolute Gasteiger partial charge is 0.267 e. The van der Waals surface area contributed by atoms with Crippen molar-refractivity contribution in [3.8, 4) is 0 Å². The molecule has 130 valence electrons. The van der Waals surface area contributed by atoms with Gasteiger partial charge < -0.3 is 9.42 Å². The van der Waals surface area contributed by atoms with Crippen molar-refractivity contribution in [1.82, 2.24) is 5.16 Å². The monoisotopic (exact) mass is 357 g/mol. The highest BCUT2D eigenvalue weighted by molar-refractivity contribution is 7.92. The highest BCUT2D eigenvalue weighted by Crippen LogP contribution is 2.32. The van der Waals surface area contributed by atoms with Gasteiger partial charge in [-0.05, 0) is 38.1 Å². The van der Waals surface area contributed by atoms with E-state index in [0.717, 1.165) is 11.4 Å². The fraction of sp³-hybridized carbons (Fsp3) is 0.167. The van der Waals surface area contributed by atoms with Crippen molar-refractivity contribution in [1.29, 1.82) is 0 Å². The van der Waals surface area contributed by atoms with Gasteiger partial charge in [0.25, 0.3) is 10.0 Å². The highest BCUT2D eigenvalue weighted by Gasteiger charge is 2.25. The number of aryl methyl sites for hydroxylation is 2. The zero-order valence-electron chi connectivity index (χ0n) is 14.2. The van der Waals surface area contributed by atoms with E-state index in [4.69, 9.17) is 4.52 Å². The number of para-hydroxylation sites is 3. The molecule has 3 rings (SSSR count). The molecule has 7 heteroatoms. The Bertz CT molecular complexity index is 962. The van der Waals surface area contributed by atoms with Gasteiger partial charge in [-0.3, -0.25) is 4.72 Å². The fourth-order valence-corrected chi connectivity index (χ4v) is 4.10. The molecule has 1 N–H and O–H groups in total. The van der Waals surface area contributed by atoms with E-state index in [1.165, 1.54) is 0 Å². The topological polar surface area (TPSA) is 75.4 Å². The van der Waals surface area contributed by atoms with Gasteiger partial charge in [-0.1, -0.05) is 35.5 Å². The van der Waals surface area contributed by atoms with Gasteiger partial charge in [0.15, 0.2) is 10.7 Å². The summed E-state index contributed by atoms with van der Waals surface area (Å²) < 4.78 is 33.2. The second-order valence-corrected chi connectivity index (χ2v) is 7.29. The van der Waals surface area contributed by atoms with Crippen LogP contribution in [-0.4, -0.2) is 20.6 Å². The van der Waals surface area contributed by atoms with Crippen LogP contribution in [0.1, 0.15) is 11.5 Å². The van der Waals surface area contributed by atoms with Gasteiger partial charge in [0, 0.05) is 12.7 Å². The number of hydrogen-bond acceptors (Lipinski definition) is 5. The molecular weight excluding hydrogens is 338 g/mol. The summed E-state index contributed by atoms with van der Waals surface area (Å²) in [7, 11) is -1.92. The summed E-state index contributed by atoms with van der Waals surface area (Å²) in [5.41, 5.74) is 2.50. The molecule has 0 atom stereocenters. The largest absolute Gasteiger partial charge is 0.360 e. The Hall–Kier alpha value is -2.80. The number of anilines is 3. The Morgan fingerprint density at radius 2 is 1.64 bits per heavy atom. The standard InChI is InChI=1S/C18H19N3O3S/c1-13-18(14(2)24-19-13)25(22,23)20-16-11-7-8-12-17(16)21(3)15-9-5-4-6-10-15/h4-12,20H,1-3H3. The predicted molar refractivity (Wildman–Crippen MR) is 97.7 cm³/mol. The van der Waals surface area contributed by atoms with E-state index in [1.807, 2.05) is 54.4 Å². The number of hydrogen-bond donors (Lipinski definition) is 1. The number of aromatic nitrogens is 1. The van der Waals surface area contributed by atoms with Crippen LogP contribution in [0.25, 0.3) is 0 Å². The number of benzene rings is 2. The molecule has 0 saturated heterocycles. The van der Waals surface area contributed by atoms with Crippen LogP contribution < -0.4 is 9.62 Å². The van der Waals surface area contributed by atoms with Crippen molar-refractivity contribution in [3.05, 3.63) is 66.1 Å². The van der Waals surface area contributed by atoms with Crippen molar-refractivity contribution >= 4 is 27.1 Å². The third kappa shape index (κ3) is 3.36. The number of nitrogens with one attached hydrogen (secondary N) is 1. The minimum absolute atomic E-state index is 0.0738.